The summed E-state index contributed by atoms with van der Waals surface area (Å²) in [6.07, 6.45) is 5.15. The van der Waals surface area contributed by atoms with Crippen molar-refractivity contribution < 1.29 is 9.52 Å². The SMILES string of the molecule is CC(CCc1cccn1C)NCC(O)c1ccco1. The van der Waals surface area contributed by atoms with E-state index in [0.29, 0.717) is 18.3 Å². The summed E-state index contributed by atoms with van der Waals surface area (Å²) in [5.41, 5.74) is 1.33. The lowest BCUT2D eigenvalue weighted by Crippen LogP contribution is -2.30. The summed E-state index contributed by atoms with van der Waals surface area (Å²) in [4.78, 5) is 0. The summed E-state index contributed by atoms with van der Waals surface area (Å²) in [6, 6.07) is 8.15. The normalized spacial score (nSPS) is 14.5. The number of aliphatic hydroxyl groups excluding tert-OH is 1. The standard InChI is InChI=1S/C15H22N2O2/c1-12(7-8-13-5-3-9-17(13)2)16-11-14(18)15-6-4-10-19-15/h3-6,9-10,12,14,16,18H,7-8,11H2,1-2H3. The number of aromatic nitrogens is 1. The Kier molecular flexibility index (Phi) is 4.82. The van der Waals surface area contributed by atoms with Crippen LogP contribution in [-0.4, -0.2) is 22.3 Å². The Balaban J connectivity index is 1.70. The molecule has 0 aliphatic rings. The molecule has 0 bridgehead atoms. The van der Waals surface area contributed by atoms with Crippen molar-refractivity contribution in [1.29, 1.82) is 0 Å². The molecule has 0 amide bonds. The van der Waals surface area contributed by atoms with Crippen LogP contribution in [0.4, 0.5) is 0 Å². The Bertz CT molecular complexity index is 476. The second-order valence-electron chi connectivity index (χ2n) is 4.99. The van der Waals surface area contributed by atoms with Crippen LogP contribution >= 0.6 is 0 Å². The minimum Gasteiger partial charge on any atom is -0.467 e. The third kappa shape index (κ3) is 3.98. The molecular formula is C15H22N2O2. The highest BCUT2D eigenvalue weighted by Gasteiger charge is 2.11. The van der Waals surface area contributed by atoms with Gasteiger partial charge in [0.15, 0.2) is 0 Å². The molecule has 0 radical (unpaired) electrons. The van der Waals surface area contributed by atoms with Crippen molar-refractivity contribution in [2.45, 2.75) is 31.9 Å². The molecule has 2 aromatic heterocycles. The summed E-state index contributed by atoms with van der Waals surface area (Å²) in [5.74, 6) is 0.613. The first-order valence-electron chi connectivity index (χ1n) is 6.72. The number of aryl methyl sites for hydroxylation is 2. The van der Waals surface area contributed by atoms with Crippen LogP contribution in [0.25, 0.3) is 0 Å². The van der Waals surface area contributed by atoms with Crippen LogP contribution in [0.3, 0.4) is 0 Å². The van der Waals surface area contributed by atoms with Crippen molar-refractivity contribution in [3.63, 3.8) is 0 Å². The molecule has 2 N–H and O–H groups in total. The molecule has 2 unspecified atom stereocenters. The van der Waals surface area contributed by atoms with E-state index in [-0.39, 0.29) is 0 Å². The van der Waals surface area contributed by atoms with Gasteiger partial charge in [0.05, 0.1) is 6.26 Å². The smallest absolute Gasteiger partial charge is 0.133 e. The molecule has 4 heteroatoms. The molecule has 2 atom stereocenters. The Morgan fingerprint density at radius 3 is 2.84 bits per heavy atom. The van der Waals surface area contributed by atoms with E-state index in [2.05, 4.69) is 42.2 Å². The fourth-order valence-corrected chi connectivity index (χ4v) is 2.12. The zero-order valence-corrected chi connectivity index (χ0v) is 11.5. The molecule has 0 fully saturated rings. The van der Waals surface area contributed by atoms with E-state index >= 15 is 0 Å². The second-order valence-corrected chi connectivity index (χ2v) is 4.99. The Hall–Kier alpha value is -1.52. The molecule has 0 aliphatic heterocycles. The van der Waals surface area contributed by atoms with Gasteiger partial charge in [-0.3, -0.25) is 0 Å². The Labute approximate surface area is 114 Å². The van der Waals surface area contributed by atoms with Gasteiger partial charge >= 0.3 is 0 Å². The molecule has 2 rings (SSSR count). The van der Waals surface area contributed by atoms with Crippen molar-refractivity contribution in [2.75, 3.05) is 6.54 Å². The van der Waals surface area contributed by atoms with Crippen molar-refractivity contribution in [3.05, 3.63) is 48.2 Å². The van der Waals surface area contributed by atoms with E-state index < -0.39 is 6.10 Å². The van der Waals surface area contributed by atoms with Crippen LogP contribution in [0.5, 0.6) is 0 Å². The number of hydrogen-bond donors (Lipinski definition) is 2. The van der Waals surface area contributed by atoms with Gasteiger partial charge in [0.1, 0.15) is 11.9 Å². The molecule has 4 nitrogen and oxygen atoms in total. The van der Waals surface area contributed by atoms with Gasteiger partial charge in [0, 0.05) is 31.5 Å². The topological polar surface area (TPSA) is 50.3 Å². The minimum atomic E-state index is -0.576. The fourth-order valence-electron chi connectivity index (χ4n) is 2.12. The van der Waals surface area contributed by atoms with E-state index in [9.17, 15) is 5.11 Å². The van der Waals surface area contributed by atoms with E-state index in [1.807, 2.05) is 0 Å². The summed E-state index contributed by atoms with van der Waals surface area (Å²) < 4.78 is 7.31. The highest BCUT2D eigenvalue weighted by Crippen LogP contribution is 2.12. The molecule has 0 saturated heterocycles. The monoisotopic (exact) mass is 262 g/mol. The maximum atomic E-state index is 9.89. The molecular weight excluding hydrogens is 240 g/mol. The number of hydrogen-bond acceptors (Lipinski definition) is 3. The zero-order valence-electron chi connectivity index (χ0n) is 11.5. The lowest BCUT2D eigenvalue weighted by Gasteiger charge is -2.16. The Morgan fingerprint density at radius 2 is 2.21 bits per heavy atom. The quantitative estimate of drug-likeness (QED) is 0.804. The van der Waals surface area contributed by atoms with Crippen molar-refractivity contribution in [2.24, 2.45) is 7.05 Å². The van der Waals surface area contributed by atoms with Crippen LogP contribution in [0, 0.1) is 0 Å². The highest BCUT2D eigenvalue weighted by molar-refractivity contribution is 5.06. The van der Waals surface area contributed by atoms with Gasteiger partial charge in [0.2, 0.25) is 0 Å². The predicted octanol–water partition coefficient (Wildman–Crippen LogP) is 2.26. The number of furan rings is 1. The van der Waals surface area contributed by atoms with E-state index in [1.54, 1.807) is 18.4 Å². The molecule has 0 spiro atoms. The Morgan fingerprint density at radius 1 is 1.37 bits per heavy atom. The van der Waals surface area contributed by atoms with Crippen LogP contribution in [0.15, 0.2) is 41.1 Å². The van der Waals surface area contributed by atoms with Crippen LogP contribution in [-0.2, 0) is 13.5 Å². The van der Waals surface area contributed by atoms with E-state index in [0.717, 1.165) is 12.8 Å². The number of rotatable bonds is 7. The van der Waals surface area contributed by atoms with Gasteiger partial charge in [-0.1, -0.05) is 0 Å². The summed E-state index contributed by atoms with van der Waals surface area (Å²) in [5, 5.41) is 13.2. The van der Waals surface area contributed by atoms with E-state index in [4.69, 9.17) is 4.42 Å². The fraction of sp³-hybridized carbons (Fsp3) is 0.467. The van der Waals surface area contributed by atoms with Gasteiger partial charge in [-0.15, -0.1) is 0 Å². The van der Waals surface area contributed by atoms with E-state index in [1.165, 1.54) is 5.69 Å². The number of aliphatic hydroxyl groups is 1. The first-order chi connectivity index (χ1) is 9.16. The summed E-state index contributed by atoms with van der Waals surface area (Å²) in [7, 11) is 2.06. The zero-order chi connectivity index (χ0) is 13.7. The first kappa shape index (κ1) is 13.9. The molecule has 2 aromatic rings. The predicted molar refractivity (Wildman–Crippen MR) is 74.9 cm³/mol. The summed E-state index contributed by atoms with van der Waals surface area (Å²) in [6.45, 7) is 2.65. The van der Waals surface area contributed by atoms with Crippen molar-refractivity contribution >= 4 is 0 Å². The van der Waals surface area contributed by atoms with Crippen LogP contribution in [0.1, 0.15) is 30.9 Å². The van der Waals surface area contributed by atoms with Gasteiger partial charge in [-0.25, -0.2) is 0 Å². The van der Waals surface area contributed by atoms with Gasteiger partial charge in [-0.05, 0) is 44.0 Å². The first-order valence-corrected chi connectivity index (χ1v) is 6.72. The maximum Gasteiger partial charge on any atom is 0.133 e. The average Bonchev–Trinajstić information content (AvgIpc) is 3.05. The lowest BCUT2D eigenvalue weighted by molar-refractivity contribution is 0.143. The minimum absolute atomic E-state index is 0.361. The molecule has 19 heavy (non-hydrogen) atoms. The number of nitrogens with zero attached hydrogens (tertiary/aromatic N) is 1. The molecule has 2 heterocycles. The summed E-state index contributed by atoms with van der Waals surface area (Å²) >= 11 is 0. The van der Waals surface area contributed by atoms with Crippen LogP contribution < -0.4 is 5.32 Å². The third-order valence-electron chi connectivity index (χ3n) is 3.42. The van der Waals surface area contributed by atoms with Crippen molar-refractivity contribution in [3.8, 4) is 0 Å². The van der Waals surface area contributed by atoms with Gasteiger partial charge in [-0.2, -0.15) is 0 Å². The van der Waals surface area contributed by atoms with Gasteiger partial charge < -0.3 is 19.4 Å². The maximum absolute atomic E-state index is 9.89. The second kappa shape index (κ2) is 6.59. The molecule has 0 aromatic carbocycles. The van der Waals surface area contributed by atoms with Gasteiger partial charge in [0.25, 0.3) is 0 Å². The lowest BCUT2D eigenvalue weighted by atomic mass is 10.1. The third-order valence-corrected chi connectivity index (χ3v) is 3.42. The highest BCUT2D eigenvalue weighted by atomic mass is 16.4. The van der Waals surface area contributed by atoms with Crippen LogP contribution in [0.2, 0.25) is 0 Å². The molecule has 0 saturated carbocycles. The molecule has 104 valence electrons. The largest absolute Gasteiger partial charge is 0.467 e. The average molecular weight is 262 g/mol. The molecule has 0 aliphatic carbocycles. The number of nitrogens with one attached hydrogen (secondary N) is 1. The van der Waals surface area contributed by atoms with Crippen molar-refractivity contribution in [1.82, 2.24) is 9.88 Å².